The Morgan fingerprint density at radius 3 is 2.36 bits per heavy atom. The Labute approximate surface area is 201 Å². The van der Waals surface area contributed by atoms with Crippen LogP contribution in [0.25, 0.3) is 0 Å². The van der Waals surface area contributed by atoms with Gasteiger partial charge in [0.25, 0.3) is 5.91 Å². The van der Waals surface area contributed by atoms with E-state index in [1.165, 1.54) is 12.0 Å². The van der Waals surface area contributed by atoms with Gasteiger partial charge in [-0.3, -0.25) is 19.4 Å². The lowest BCUT2D eigenvalue weighted by molar-refractivity contribution is -0.148. The minimum Gasteiger partial charge on any atom is -0.482 e. The van der Waals surface area contributed by atoms with Gasteiger partial charge in [-0.1, -0.05) is 35.3 Å². The fraction of sp³-hybridized carbons (Fsp3) is 0.348. The maximum Gasteiger partial charge on any atom is 0.327 e. The molecule has 0 N–H and O–H groups in total. The van der Waals surface area contributed by atoms with E-state index in [1.807, 2.05) is 4.90 Å². The van der Waals surface area contributed by atoms with Gasteiger partial charge in [-0.2, -0.15) is 0 Å². The number of hydrogen-bond acceptors (Lipinski definition) is 6. The maximum absolute atomic E-state index is 13.0. The molecule has 2 aliphatic rings. The van der Waals surface area contributed by atoms with Crippen molar-refractivity contribution in [2.45, 2.75) is 6.04 Å². The van der Waals surface area contributed by atoms with Crippen molar-refractivity contribution < 1.29 is 23.9 Å². The molecule has 1 fully saturated rings. The Bertz CT molecular complexity index is 1050. The van der Waals surface area contributed by atoms with Crippen LogP contribution in [-0.2, 0) is 19.1 Å². The molecule has 174 valence electrons. The van der Waals surface area contributed by atoms with E-state index in [-0.39, 0.29) is 30.9 Å². The molecule has 10 heteroatoms. The fourth-order valence-corrected chi connectivity index (χ4v) is 4.36. The lowest BCUT2D eigenvalue weighted by Gasteiger charge is -2.39. The Morgan fingerprint density at radius 1 is 1.03 bits per heavy atom. The van der Waals surface area contributed by atoms with Crippen LogP contribution in [0.2, 0.25) is 10.0 Å². The molecule has 0 radical (unpaired) electrons. The molecular weight excluding hydrogens is 469 g/mol. The van der Waals surface area contributed by atoms with E-state index < -0.39 is 6.04 Å². The van der Waals surface area contributed by atoms with E-state index >= 15 is 0 Å². The second-order valence-electron chi connectivity index (χ2n) is 7.77. The number of piperazine rings is 1. The normalized spacial score (nSPS) is 17.2. The fourth-order valence-electron chi connectivity index (χ4n) is 4.07. The summed E-state index contributed by atoms with van der Waals surface area (Å²) in [5.41, 5.74) is 1.26. The minimum atomic E-state index is -0.584. The molecule has 0 spiro atoms. The smallest absolute Gasteiger partial charge is 0.327 e. The first-order chi connectivity index (χ1) is 15.9. The summed E-state index contributed by atoms with van der Waals surface area (Å²) in [6.07, 6.45) is 0. The second-order valence-corrected chi connectivity index (χ2v) is 8.65. The predicted octanol–water partition coefficient (Wildman–Crippen LogP) is 2.78. The number of nitrogens with zero attached hydrogens (tertiary/aromatic N) is 3. The van der Waals surface area contributed by atoms with Crippen molar-refractivity contribution in [2.75, 3.05) is 51.3 Å². The van der Waals surface area contributed by atoms with E-state index in [4.69, 9.17) is 32.7 Å². The molecule has 33 heavy (non-hydrogen) atoms. The van der Waals surface area contributed by atoms with Crippen molar-refractivity contribution in [1.29, 1.82) is 0 Å². The summed E-state index contributed by atoms with van der Waals surface area (Å²) in [4.78, 5) is 43.0. The van der Waals surface area contributed by atoms with Crippen LogP contribution in [-0.4, -0.2) is 74.0 Å². The summed E-state index contributed by atoms with van der Waals surface area (Å²) in [5.74, 6) is -0.341. The zero-order chi connectivity index (χ0) is 23.5. The molecule has 4 rings (SSSR count). The summed E-state index contributed by atoms with van der Waals surface area (Å²) in [7, 11) is 1.36. The van der Waals surface area contributed by atoms with Gasteiger partial charge in [-0.15, -0.1) is 0 Å². The van der Waals surface area contributed by atoms with Gasteiger partial charge in [0.2, 0.25) is 5.91 Å². The Morgan fingerprint density at radius 2 is 1.70 bits per heavy atom. The number of anilines is 1. The highest BCUT2D eigenvalue weighted by atomic mass is 35.5. The lowest BCUT2D eigenvalue weighted by atomic mass is 10.0. The Balaban J connectivity index is 1.43. The molecule has 0 aromatic heterocycles. The van der Waals surface area contributed by atoms with Gasteiger partial charge in [-0.05, 0) is 35.9 Å². The van der Waals surface area contributed by atoms with Crippen LogP contribution >= 0.6 is 23.2 Å². The van der Waals surface area contributed by atoms with Crippen LogP contribution < -0.4 is 9.64 Å². The summed E-state index contributed by atoms with van der Waals surface area (Å²) in [5, 5.41) is 1.03. The van der Waals surface area contributed by atoms with Gasteiger partial charge in [0.05, 0.1) is 12.8 Å². The van der Waals surface area contributed by atoms with Crippen LogP contribution in [0.3, 0.4) is 0 Å². The van der Waals surface area contributed by atoms with Crippen LogP contribution in [0.4, 0.5) is 5.69 Å². The molecule has 2 aliphatic heterocycles. The Kier molecular flexibility index (Phi) is 7.07. The van der Waals surface area contributed by atoms with Crippen LogP contribution in [0.1, 0.15) is 11.6 Å². The second kappa shape index (κ2) is 9.99. The number of ether oxygens (including phenoxy) is 2. The zero-order valence-electron chi connectivity index (χ0n) is 18.0. The molecule has 0 aliphatic carbocycles. The molecule has 2 heterocycles. The van der Waals surface area contributed by atoms with Crippen LogP contribution in [0, 0.1) is 0 Å². The number of amides is 2. The van der Waals surface area contributed by atoms with Gasteiger partial charge in [0, 0.05) is 36.2 Å². The third-order valence-electron chi connectivity index (χ3n) is 5.80. The van der Waals surface area contributed by atoms with E-state index in [0.717, 1.165) is 5.56 Å². The largest absolute Gasteiger partial charge is 0.482 e. The number of fused-ring (bicyclic) bond motifs is 1. The zero-order valence-corrected chi connectivity index (χ0v) is 19.5. The van der Waals surface area contributed by atoms with Crippen molar-refractivity contribution in [3.63, 3.8) is 0 Å². The molecule has 0 saturated carbocycles. The Hall–Kier alpha value is -2.81. The number of carbonyl (C=O) groups excluding carboxylic acids is 3. The number of carbonyl (C=O) groups is 3. The van der Waals surface area contributed by atoms with Gasteiger partial charge in [0.15, 0.2) is 6.61 Å². The standard InChI is InChI=1S/C23H23Cl2N3O5/c1-32-23(31)22(15-2-4-16(24)5-3-15)27-10-8-26(9-11-27)20(29)13-28-18-12-17(25)6-7-19(18)33-14-21(28)30/h2-7,12,22H,8-11,13-14H2,1H3. The predicted molar refractivity (Wildman–Crippen MR) is 124 cm³/mol. The van der Waals surface area contributed by atoms with Crippen LogP contribution in [0.15, 0.2) is 42.5 Å². The first-order valence-electron chi connectivity index (χ1n) is 10.4. The molecular formula is C23H23Cl2N3O5. The van der Waals surface area contributed by atoms with Crippen molar-refractivity contribution in [1.82, 2.24) is 9.80 Å². The molecule has 2 amide bonds. The van der Waals surface area contributed by atoms with E-state index in [2.05, 4.69) is 0 Å². The molecule has 8 nitrogen and oxygen atoms in total. The molecule has 1 atom stereocenters. The average molecular weight is 492 g/mol. The monoisotopic (exact) mass is 491 g/mol. The number of halogens is 2. The number of methoxy groups -OCH3 is 1. The summed E-state index contributed by atoms with van der Waals surface area (Å²) < 4.78 is 10.5. The molecule has 1 saturated heterocycles. The lowest BCUT2D eigenvalue weighted by Crippen LogP contribution is -2.54. The third kappa shape index (κ3) is 5.08. The number of rotatable bonds is 5. The number of esters is 1. The summed E-state index contributed by atoms with van der Waals surface area (Å²) >= 11 is 12.1. The van der Waals surface area contributed by atoms with E-state index in [0.29, 0.717) is 47.7 Å². The first kappa shape index (κ1) is 23.4. The van der Waals surface area contributed by atoms with Crippen molar-refractivity contribution in [3.05, 3.63) is 58.1 Å². The third-order valence-corrected chi connectivity index (χ3v) is 6.29. The first-order valence-corrected chi connectivity index (χ1v) is 11.2. The topological polar surface area (TPSA) is 79.4 Å². The minimum absolute atomic E-state index is 0.104. The average Bonchev–Trinajstić information content (AvgIpc) is 2.82. The van der Waals surface area contributed by atoms with E-state index in [1.54, 1.807) is 47.4 Å². The SMILES string of the molecule is COC(=O)C(c1ccc(Cl)cc1)N1CCN(C(=O)CN2C(=O)COc3ccc(Cl)cc32)CC1. The van der Waals surface area contributed by atoms with Gasteiger partial charge in [-0.25, -0.2) is 4.79 Å². The highest BCUT2D eigenvalue weighted by Crippen LogP contribution is 2.34. The van der Waals surface area contributed by atoms with Crippen molar-refractivity contribution >= 4 is 46.7 Å². The van der Waals surface area contributed by atoms with Crippen molar-refractivity contribution in [3.8, 4) is 5.75 Å². The van der Waals surface area contributed by atoms with E-state index in [9.17, 15) is 14.4 Å². The molecule has 0 bridgehead atoms. The molecule has 2 aromatic carbocycles. The van der Waals surface area contributed by atoms with Gasteiger partial charge in [0.1, 0.15) is 18.3 Å². The molecule has 1 unspecified atom stereocenters. The highest BCUT2D eigenvalue weighted by Gasteiger charge is 2.34. The summed E-state index contributed by atoms with van der Waals surface area (Å²) in [6.45, 7) is 1.56. The number of hydrogen-bond donors (Lipinski definition) is 0. The van der Waals surface area contributed by atoms with Gasteiger partial charge < -0.3 is 14.4 Å². The van der Waals surface area contributed by atoms with Crippen LogP contribution in [0.5, 0.6) is 5.75 Å². The highest BCUT2D eigenvalue weighted by molar-refractivity contribution is 6.31. The van der Waals surface area contributed by atoms with Crippen molar-refractivity contribution in [2.24, 2.45) is 0 Å². The quantitative estimate of drug-likeness (QED) is 0.598. The molecule has 2 aromatic rings. The maximum atomic E-state index is 13.0. The number of benzene rings is 2. The van der Waals surface area contributed by atoms with Gasteiger partial charge >= 0.3 is 5.97 Å². The summed E-state index contributed by atoms with van der Waals surface area (Å²) in [6, 6.07) is 11.5.